The van der Waals surface area contributed by atoms with Gasteiger partial charge in [-0.05, 0) is 37.1 Å². The summed E-state index contributed by atoms with van der Waals surface area (Å²) < 4.78 is 5.59. The summed E-state index contributed by atoms with van der Waals surface area (Å²) in [5.74, 6) is 0.552. The van der Waals surface area contributed by atoms with Crippen LogP contribution in [-0.4, -0.2) is 28.3 Å². The lowest BCUT2D eigenvalue weighted by Crippen LogP contribution is -2.37. The zero-order valence-electron chi connectivity index (χ0n) is 13.9. The number of amides is 3. The highest BCUT2D eigenvalue weighted by Crippen LogP contribution is 2.30. The molecule has 0 unspecified atom stereocenters. The van der Waals surface area contributed by atoms with Crippen LogP contribution in [0.4, 0.5) is 20.4 Å². The van der Waals surface area contributed by atoms with Gasteiger partial charge >= 0.3 is 12.1 Å². The Morgan fingerprint density at radius 2 is 1.88 bits per heavy atom. The molecule has 0 atom stereocenters. The van der Waals surface area contributed by atoms with Crippen molar-refractivity contribution in [3.63, 3.8) is 0 Å². The van der Waals surface area contributed by atoms with E-state index >= 15 is 0 Å². The van der Waals surface area contributed by atoms with Gasteiger partial charge in [-0.3, -0.25) is 5.32 Å². The maximum Gasteiger partial charge on any atom is 0.410 e. The molecule has 1 aromatic heterocycles. The van der Waals surface area contributed by atoms with Gasteiger partial charge in [-0.15, -0.1) is 0 Å². The number of carboxylic acid groups (broad SMARTS) is 1. The van der Waals surface area contributed by atoms with Crippen molar-refractivity contribution < 1.29 is 19.4 Å². The summed E-state index contributed by atoms with van der Waals surface area (Å²) >= 11 is 1.08. The minimum absolute atomic E-state index is 0.155. The summed E-state index contributed by atoms with van der Waals surface area (Å²) in [5, 5.41) is 17.1. The molecule has 134 valence electrons. The molecule has 0 aliphatic rings. The van der Waals surface area contributed by atoms with Crippen LogP contribution in [0.2, 0.25) is 0 Å². The quantitative estimate of drug-likeness (QED) is 0.584. The second-order valence-electron chi connectivity index (χ2n) is 5.15. The lowest BCUT2D eigenvalue weighted by Gasteiger charge is -2.15. The van der Waals surface area contributed by atoms with Crippen LogP contribution in [0, 0.1) is 0 Å². The Bertz CT molecular complexity index is 713. The van der Waals surface area contributed by atoms with Gasteiger partial charge in [-0.2, -0.15) is 0 Å². The third-order valence-corrected chi connectivity index (χ3v) is 4.14. The molecule has 8 nitrogen and oxygen atoms in total. The lowest BCUT2D eigenvalue weighted by molar-refractivity contribution is 0.209. The van der Waals surface area contributed by atoms with E-state index in [0.29, 0.717) is 16.5 Å². The summed E-state index contributed by atoms with van der Waals surface area (Å²) in [6.45, 7) is 4.05. The monoisotopic (exact) mass is 364 g/mol. The summed E-state index contributed by atoms with van der Waals surface area (Å²) in [6.07, 6.45) is 2.02. The Hall–Kier alpha value is -2.81. The number of nitrogens with one attached hydrogen (secondary N) is 3. The van der Waals surface area contributed by atoms with E-state index in [9.17, 15) is 9.59 Å². The van der Waals surface area contributed by atoms with E-state index in [4.69, 9.17) is 9.84 Å². The topological polar surface area (TPSA) is 113 Å². The van der Waals surface area contributed by atoms with Crippen molar-refractivity contribution in [3.05, 3.63) is 30.5 Å². The molecule has 1 heterocycles. The minimum atomic E-state index is -1.18. The van der Waals surface area contributed by atoms with Crippen LogP contribution >= 0.6 is 11.3 Å². The van der Waals surface area contributed by atoms with Gasteiger partial charge in [0.2, 0.25) is 5.06 Å². The van der Waals surface area contributed by atoms with Crippen LogP contribution in [0.15, 0.2) is 30.5 Å². The highest BCUT2D eigenvalue weighted by atomic mass is 32.1. The number of carbonyl (C=O) groups is 2. The fraction of sp³-hybridized carbons (Fsp3) is 0.312. The zero-order chi connectivity index (χ0) is 18.2. The summed E-state index contributed by atoms with van der Waals surface area (Å²) in [4.78, 5) is 26.3. The van der Waals surface area contributed by atoms with Crippen molar-refractivity contribution >= 4 is 34.3 Å². The molecule has 4 N–H and O–H groups in total. The molecular weight excluding hydrogens is 344 g/mol. The second kappa shape index (κ2) is 8.88. The molecule has 0 radical (unpaired) electrons. The van der Waals surface area contributed by atoms with E-state index in [-0.39, 0.29) is 17.2 Å². The first-order valence-corrected chi connectivity index (χ1v) is 8.63. The second-order valence-corrected chi connectivity index (χ2v) is 6.15. The molecule has 0 bridgehead atoms. The average molecular weight is 364 g/mol. The first-order chi connectivity index (χ1) is 12.0. The van der Waals surface area contributed by atoms with Gasteiger partial charge in [-0.25, -0.2) is 14.6 Å². The normalized spacial score (nSPS) is 10.4. The van der Waals surface area contributed by atoms with Gasteiger partial charge in [0.25, 0.3) is 0 Å². The molecule has 2 aromatic rings. The van der Waals surface area contributed by atoms with Crippen molar-refractivity contribution in [1.82, 2.24) is 10.3 Å². The number of nitrogens with zero attached hydrogens (tertiary/aromatic N) is 1. The molecule has 0 saturated heterocycles. The summed E-state index contributed by atoms with van der Waals surface area (Å²) in [5.41, 5.74) is 0.647. The van der Waals surface area contributed by atoms with E-state index in [1.807, 2.05) is 13.8 Å². The molecule has 0 fully saturated rings. The Labute approximate surface area is 149 Å². The van der Waals surface area contributed by atoms with Crippen LogP contribution in [0.25, 0.3) is 0 Å². The number of thiazole rings is 1. The number of rotatable bonds is 7. The highest BCUT2D eigenvalue weighted by Gasteiger charge is 2.09. The first kappa shape index (κ1) is 18.5. The number of carbonyl (C=O) groups excluding carboxylic acids is 1. The Kier molecular flexibility index (Phi) is 6.58. The number of hydrogen-bond donors (Lipinski definition) is 4. The van der Waals surface area contributed by atoms with E-state index in [2.05, 4.69) is 20.9 Å². The maximum absolute atomic E-state index is 11.9. The molecule has 0 spiro atoms. The predicted octanol–water partition coefficient (Wildman–Crippen LogP) is 4.34. The zero-order valence-corrected chi connectivity index (χ0v) is 14.7. The molecule has 0 aliphatic heterocycles. The molecule has 25 heavy (non-hydrogen) atoms. The van der Waals surface area contributed by atoms with Gasteiger partial charge in [-0.1, -0.05) is 25.2 Å². The fourth-order valence-corrected chi connectivity index (χ4v) is 2.70. The predicted molar refractivity (Wildman–Crippen MR) is 96.8 cm³/mol. The van der Waals surface area contributed by atoms with E-state index < -0.39 is 6.09 Å². The van der Waals surface area contributed by atoms with Crippen LogP contribution in [0.3, 0.4) is 0 Å². The largest absolute Gasteiger partial charge is 0.465 e. The SMILES string of the molecule is CCC(CC)NC(=O)Nc1ccc(Oc2cnc(NC(=O)O)s2)cc1. The van der Waals surface area contributed by atoms with Gasteiger partial charge < -0.3 is 20.5 Å². The summed E-state index contributed by atoms with van der Waals surface area (Å²) in [6, 6.07) is 6.77. The van der Waals surface area contributed by atoms with E-state index in [1.54, 1.807) is 24.3 Å². The number of aromatic nitrogens is 1. The van der Waals surface area contributed by atoms with Gasteiger partial charge in [0, 0.05) is 11.7 Å². The Balaban J connectivity index is 1.90. The molecule has 3 amide bonds. The Morgan fingerprint density at radius 3 is 2.48 bits per heavy atom. The number of urea groups is 1. The van der Waals surface area contributed by atoms with Crippen molar-refractivity contribution in [2.45, 2.75) is 32.7 Å². The highest BCUT2D eigenvalue weighted by molar-refractivity contribution is 7.17. The molecule has 0 aliphatic carbocycles. The number of hydrogen-bond acceptors (Lipinski definition) is 5. The first-order valence-electron chi connectivity index (χ1n) is 7.81. The van der Waals surface area contributed by atoms with Crippen molar-refractivity contribution in [1.29, 1.82) is 0 Å². The maximum atomic E-state index is 11.9. The van der Waals surface area contributed by atoms with Gasteiger partial charge in [0.05, 0.1) is 6.20 Å². The van der Waals surface area contributed by atoms with E-state index in [1.165, 1.54) is 6.20 Å². The molecular formula is C16H20N4O4S. The fourth-order valence-electron chi connectivity index (χ4n) is 2.02. The third kappa shape index (κ3) is 5.96. The van der Waals surface area contributed by atoms with Crippen molar-refractivity contribution in [2.24, 2.45) is 0 Å². The lowest BCUT2D eigenvalue weighted by atomic mass is 10.2. The molecule has 9 heteroatoms. The van der Waals surface area contributed by atoms with Crippen LogP contribution < -0.4 is 20.7 Å². The Morgan fingerprint density at radius 1 is 1.20 bits per heavy atom. The van der Waals surface area contributed by atoms with Crippen molar-refractivity contribution in [3.8, 4) is 10.8 Å². The van der Waals surface area contributed by atoms with Crippen molar-refractivity contribution in [2.75, 3.05) is 10.6 Å². The number of benzene rings is 1. The standard InChI is InChI=1S/C16H20N4O4S/c1-3-10(4-2)18-14(21)19-11-5-7-12(8-6-11)24-13-9-17-15(25-13)20-16(22)23/h5-10H,3-4H2,1-2H3,(H,17,20)(H,22,23)(H2,18,19,21). The van der Waals surface area contributed by atoms with Gasteiger partial charge in [0.1, 0.15) is 5.75 Å². The van der Waals surface area contributed by atoms with E-state index in [0.717, 1.165) is 24.2 Å². The van der Waals surface area contributed by atoms with Crippen LogP contribution in [0.1, 0.15) is 26.7 Å². The summed E-state index contributed by atoms with van der Waals surface area (Å²) in [7, 11) is 0. The number of anilines is 2. The van der Waals surface area contributed by atoms with Crippen LogP contribution in [-0.2, 0) is 0 Å². The molecule has 0 saturated carbocycles. The number of ether oxygens (including phenoxy) is 1. The minimum Gasteiger partial charge on any atom is -0.465 e. The average Bonchev–Trinajstić information content (AvgIpc) is 3.00. The molecule has 1 aromatic carbocycles. The van der Waals surface area contributed by atoms with Crippen LogP contribution in [0.5, 0.6) is 10.8 Å². The smallest absolute Gasteiger partial charge is 0.410 e. The molecule has 2 rings (SSSR count). The van der Waals surface area contributed by atoms with Gasteiger partial charge in [0.15, 0.2) is 5.13 Å². The third-order valence-electron chi connectivity index (χ3n) is 3.35.